The molecule has 1 aromatic rings. The van der Waals surface area contributed by atoms with E-state index in [1.54, 1.807) is 4.90 Å². The topological polar surface area (TPSA) is 62.7 Å². The summed E-state index contributed by atoms with van der Waals surface area (Å²) in [5.41, 5.74) is -0.901. The third-order valence-electron chi connectivity index (χ3n) is 4.73. The van der Waals surface area contributed by atoms with Crippen molar-refractivity contribution in [1.82, 2.24) is 9.88 Å². The molecule has 0 bridgehead atoms. The monoisotopic (exact) mass is 421 g/mol. The van der Waals surface area contributed by atoms with Crippen molar-refractivity contribution in [3.8, 4) is 0 Å². The van der Waals surface area contributed by atoms with Gasteiger partial charge < -0.3 is 14.5 Å². The van der Waals surface area contributed by atoms with E-state index in [0.717, 1.165) is 12.3 Å². The van der Waals surface area contributed by atoms with Gasteiger partial charge in [0.05, 0.1) is 17.7 Å². The summed E-state index contributed by atoms with van der Waals surface area (Å²) in [6, 6.07) is 0.702. The van der Waals surface area contributed by atoms with Crippen LogP contribution in [0.25, 0.3) is 0 Å². The van der Waals surface area contributed by atoms with Crippen molar-refractivity contribution in [2.75, 3.05) is 31.6 Å². The summed E-state index contributed by atoms with van der Waals surface area (Å²) in [6.45, 7) is 4.39. The molecule has 156 valence electrons. The first-order chi connectivity index (χ1) is 13.0. The lowest BCUT2D eigenvalue weighted by Gasteiger charge is -2.36. The SMILES string of the molecule is COC(=O)CN(C(=O)C1CCN(c2ncc(C(F)(F)F)cc2Cl)CC1)C(C)C. The molecule has 6 nitrogen and oxygen atoms in total. The molecular weight excluding hydrogens is 399 g/mol. The first kappa shape index (κ1) is 22.3. The molecular formula is C18H23ClF3N3O3. The fourth-order valence-electron chi connectivity index (χ4n) is 3.11. The summed E-state index contributed by atoms with van der Waals surface area (Å²) in [4.78, 5) is 31.5. The van der Waals surface area contributed by atoms with Crippen LogP contribution in [0.3, 0.4) is 0 Å². The van der Waals surface area contributed by atoms with E-state index in [0.29, 0.717) is 25.9 Å². The van der Waals surface area contributed by atoms with Crippen LogP contribution in [-0.4, -0.2) is 54.5 Å². The van der Waals surface area contributed by atoms with Gasteiger partial charge in [-0.2, -0.15) is 13.2 Å². The summed E-state index contributed by atoms with van der Waals surface area (Å²) in [5.74, 6) is -0.626. The average molecular weight is 422 g/mol. The van der Waals surface area contributed by atoms with E-state index in [1.165, 1.54) is 12.0 Å². The summed E-state index contributed by atoms with van der Waals surface area (Å²) >= 11 is 6.00. The Morgan fingerprint density at radius 2 is 1.96 bits per heavy atom. The van der Waals surface area contributed by atoms with Gasteiger partial charge in [-0.25, -0.2) is 4.98 Å². The normalized spacial score (nSPS) is 15.6. The number of aromatic nitrogens is 1. The second-order valence-electron chi connectivity index (χ2n) is 6.92. The van der Waals surface area contributed by atoms with E-state index in [1.807, 2.05) is 13.8 Å². The lowest BCUT2D eigenvalue weighted by molar-refractivity contribution is -0.150. The van der Waals surface area contributed by atoms with E-state index in [4.69, 9.17) is 11.6 Å². The third-order valence-corrected chi connectivity index (χ3v) is 5.00. The number of hydrogen-bond donors (Lipinski definition) is 0. The van der Waals surface area contributed by atoms with Crippen LogP contribution in [-0.2, 0) is 20.5 Å². The fourth-order valence-corrected chi connectivity index (χ4v) is 3.40. The van der Waals surface area contributed by atoms with Gasteiger partial charge in [0, 0.05) is 31.2 Å². The van der Waals surface area contributed by atoms with Crippen molar-refractivity contribution in [2.45, 2.75) is 38.9 Å². The standard InChI is InChI=1S/C18H23ClF3N3O3/c1-11(2)25(10-15(26)28-3)17(27)12-4-6-24(7-5-12)16-14(19)8-13(9-23-16)18(20,21)22/h8-9,11-12H,4-7,10H2,1-3H3. The molecule has 0 aromatic carbocycles. The Morgan fingerprint density at radius 3 is 2.43 bits per heavy atom. The molecule has 1 fully saturated rings. The smallest absolute Gasteiger partial charge is 0.417 e. The number of piperidine rings is 1. The number of amides is 1. The molecule has 1 aliphatic heterocycles. The zero-order chi connectivity index (χ0) is 21.1. The summed E-state index contributed by atoms with van der Waals surface area (Å²) in [7, 11) is 1.27. The van der Waals surface area contributed by atoms with Crippen LogP contribution in [0.4, 0.5) is 19.0 Å². The number of carbonyl (C=O) groups excluding carboxylic acids is 2. The maximum atomic E-state index is 12.8. The minimum Gasteiger partial charge on any atom is -0.468 e. The van der Waals surface area contributed by atoms with Crippen molar-refractivity contribution in [1.29, 1.82) is 0 Å². The molecule has 0 N–H and O–H groups in total. The van der Waals surface area contributed by atoms with Gasteiger partial charge in [0.15, 0.2) is 0 Å². The molecule has 0 aliphatic carbocycles. The predicted octanol–water partition coefficient (Wildman–Crippen LogP) is 3.38. The van der Waals surface area contributed by atoms with E-state index in [-0.39, 0.29) is 35.3 Å². The van der Waals surface area contributed by atoms with Crippen molar-refractivity contribution in [3.63, 3.8) is 0 Å². The molecule has 1 amide bonds. The molecule has 0 atom stereocenters. The molecule has 1 saturated heterocycles. The number of alkyl halides is 3. The van der Waals surface area contributed by atoms with Crippen LogP contribution < -0.4 is 4.90 Å². The van der Waals surface area contributed by atoms with Crippen molar-refractivity contribution in [3.05, 3.63) is 22.8 Å². The number of halogens is 4. The molecule has 10 heteroatoms. The third kappa shape index (κ3) is 5.27. The maximum Gasteiger partial charge on any atom is 0.417 e. The van der Waals surface area contributed by atoms with Crippen molar-refractivity contribution in [2.24, 2.45) is 5.92 Å². The number of hydrogen-bond acceptors (Lipinski definition) is 5. The van der Waals surface area contributed by atoms with E-state index >= 15 is 0 Å². The first-order valence-electron chi connectivity index (χ1n) is 8.89. The van der Waals surface area contributed by atoms with Crippen LogP contribution in [0.15, 0.2) is 12.3 Å². The Labute approximate surface area is 166 Å². The number of pyridine rings is 1. The maximum absolute atomic E-state index is 12.8. The highest BCUT2D eigenvalue weighted by atomic mass is 35.5. The molecule has 0 unspecified atom stereocenters. The van der Waals surface area contributed by atoms with Gasteiger partial charge in [-0.1, -0.05) is 11.6 Å². The first-order valence-corrected chi connectivity index (χ1v) is 9.27. The van der Waals surface area contributed by atoms with Gasteiger partial charge in [0.25, 0.3) is 0 Å². The van der Waals surface area contributed by atoms with E-state index in [9.17, 15) is 22.8 Å². The van der Waals surface area contributed by atoms with Crippen molar-refractivity contribution >= 4 is 29.3 Å². The molecule has 0 saturated carbocycles. The second kappa shape index (κ2) is 8.98. The molecule has 0 spiro atoms. The Kier molecular flexibility index (Phi) is 7.14. The van der Waals surface area contributed by atoms with Gasteiger partial charge in [-0.05, 0) is 32.8 Å². The predicted molar refractivity (Wildman–Crippen MR) is 98.1 cm³/mol. The van der Waals surface area contributed by atoms with Gasteiger partial charge >= 0.3 is 12.1 Å². The summed E-state index contributed by atoms with van der Waals surface area (Å²) in [5, 5.41) is -0.0749. The highest BCUT2D eigenvalue weighted by Crippen LogP contribution is 2.34. The van der Waals surface area contributed by atoms with Gasteiger partial charge in [0.2, 0.25) is 5.91 Å². The van der Waals surface area contributed by atoms with Crippen molar-refractivity contribution < 1.29 is 27.5 Å². The Balaban J connectivity index is 2.04. The molecule has 28 heavy (non-hydrogen) atoms. The number of esters is 1. The largest absolute Gasteiger partial charge is 0.468 e. The van der Waals surface area contributed by atoms with Crippen LogP contribution in [0.2, 0.25) is 5.02 Å². The summed E-state index contributed by atoms with van der Waals surface area (Å²) in [6.07, 6.45) is -2.77. The van der Waals surface area contributed by atoms with Crippen LogP contribution in [0.5, 0.6) is 0 Å². The zero-order valence-electron chi connectivity index (χ0n) is 15.9. The Bertz CT molecular complexity index is 720. The van der Waals surface area contributed by atoms with Gasteiger partial charge in [-0.3, -0.25) is 9.59 Å². The van der Waals surface area contributed by atoms with Crippen LogP contribution in [0.1, 0.15) is 32.3 Å². The molecule has 2 rings (SSSR count). The Hall–Kier alpha value is -2.03. The highest BCUT2D eigenvalue weighted by molar-refractivity contribution is 6.33. The van der Waals surface area contributed by atoms with E-state index < -0.39 is 17.7 Å². The fraction of sp³-hybridized carbons (Fsp3) is 0.611. The average Bonchev–Trinajstić information content (AvgIpc) is 2.64. The van der Waals surface area contributed by atoms with Gasteiger partial charge in [-0.15, -0.1) is 0 Å². The Morgan fingerprint density at radius 1 is 1.36 bits per heavy atom. The second-order valence-corrected chi connectivity index (χ2v) is 7.33. The van der Waals surface area contributed by atoms with Gasteiger partial charge in [0.1, 0.15) is 12.4 Å². The molecule has 2 heterocycles. The number of nitrogens with zero attached hydrogens (tertiary/aromatic N) is 3. The number of anilines is 1. The zero-order valence-corrected chi connectivity index (χ0v) is 16.7. The minimum atomic E-state index is -4.51. The minimum absolute atomic E-state index is 0.0749. The number of ether oxygens (including phenoxy) is 1. The quantitative estimate of drug-likeness (QED) is 0.682. The number of carbonyl (C=O) groups is 2. The number of methoxy groups -OCH3 is 1. The molecule has 1 aliphatic rings. The van der Waals surface area contributed by atoms with E-state index in [2.05, 4.69) is 9.72 Å². The molecule has 1 aromatic heterocycles. The molecule has 0 radical (unpaired) electrons. The van der Waals surface area contributed by atoms with Crippen LogP contribution >= 0.6 is 11.6 Å². The highest BCUT2D eigenvalue weighted by Gasteiger charge is 2.34. The lowest BCUT2D eigenvalue weighted by Crippen LogP contribution is -2.47. The lowest BCUT2D eigenvalue weighted by atomic mass is 9.94. The van der Waals surface area contributed by atoms with Crippen LogP contribution in [0, 0.1) is 5.92 Å². The number of rotatable bonds is 5. The summed E-state index contributed by atoms with van der Waals surface area (Å²) < 4.78 is 42.9.